The number of nitrogens with zero attached hydrogens (tertiary/aromatic N) is 2. The highest BCUT2D eigenvalue weighted by Crippen LogP contribution is 2.17. The van der Waals surface area contributed by atoms with Gasteiger partial charge < -0.3 is 9.67 Å². The van der Waals surface area contributed by atoms with Crippen molar-refractivity contribution in [1.82, 2.24) is 9.55 Å². The molecular formula is C13H16N2O2S. The number of benzene rings is 1. The summed E-state index contributed by atoms with van der Waals surface area (Å²) in [4.78, 5) is 15.3. The average molecular weight is 264 g/mol. The zero-order valence-electron chi connectivity index (χ0n) is 10.3. The van der Waals surface area contributed by atoms with Gasteiger partial charge in [-0.1, -0.05) is 12.1 Å². The minimum absolute atomic E-state index is 0.132. The summed E-state index contributed by atoms with van der Waals surface area (Å²) >= 11 is 1.77. The van der Waals surface area contributed by atoms with Gasteiger partial charge in [-0.2, -0.15) is 11.8 Å². The fourth-order valence-electron chi connectivity index (χ4n) is 1.97. The number of carboxylic acids is 1. The number of aromatic nitrogens is 2. The van der Waals surface area contributed by atoms with E-state index in [1.165, 1.54) is 0 Å². The van der Waals surface area contributed by atoms with E-state index >= 15 is 0 Å². The lowest BCUT2D eigenvalue weighted by atomic mass is 10.3. The van der Waals surface area contributed by atoms with Crippen molar-refractivity contribution in [2.24, 2.45) is 0 Å². The zero-order valence-corrected chi connectivity index (χ0v) is 11.1. The van der Waals surface area contributed by atoms with Gasteiger partial charge in [0.1, 0.15) is 5.82 Å². The van der Waals surface area contributed by atoms with E-state index in [-0.39, 0.29) is 6.42 Å². The molecule has 0 amide bonds. The van der Waals surface area contributed by atoms with Crippen molar-refractivity contribution in [1.29, 1.82) is 0 Å². The fraction of sp³-hybridized carbons (Fsp3) is 0.385. The highest BCUT2D eigenvalue weighted by molar-refractivity contribution is 7.98. The second-order valence-electron chi connectivity index (χ2n) is 4.05. The molecule has 0 fully saturated rings. The number of fused-ring (bicyclic) bond motifs is 1. The van der Waals surface area contributed by atoms with Crippen molar-refractivity contribution >= 4 is 28.8 Å². The van der Waals surface area contributed by atoms with Crippen molar-refractivity contribution in [3.8, 4) is 0 Å². The Morgan fingerprint density at radius 1 is 1.44 bits per heavy atom. The maximum Gasteiger partial charge on any atom is 0.305 e. The van der Waals surface area contributed by atoms with Gasteiger partial charge >= 0.3 is 5.97 Å². The number of para-hydroxylation sites is 2. The Morgan fingerprint density at radius 3 is 2.94 bits per heavy atom. The molecule has 5 heteroatoms. The number of imidazole rings is 1. The van der Waals surface area contributed by atoms with Crippen LogP contribution in [0, 0.1) is 0 Å². The fourth-order valence-corrected chi connectivity index (χ4v) is 2.35. The molecule has 0 spiro atoms. The summed E-state index contributed by atoms with van der Waals surface area (Å²) in [6.07, 6.45) is 3.06. The van der Waals surface area contributed by atoms with Crippen molar-refractivity contribution in [2.75, 3.05) is 12.0 Å². The third kappa shape index (κ3) is 2.85. The number of thioether (sulfide) groups is 1. The molecule has 1 N–H and O–H groups in total. The van der Waals surface area contributed by atoms with Gasteiger partial charge in [0.2, 0.25) is 0 Å². The van der Waals surface area contributed by atoms with E-state index in [4.69, 9.17) is 5.11 Å². The molecule has 0 bridgehead atoms. The van der Waals surface area contributed by atoms with E-state index in [1.54, 1.807) is 11.8 Å². The van der Waals surface area contributed by atoms with Crippen LogP contribution in [0.4, 0.5) is 0 Å². The van der Waals surface area contributed by atoms with Crippen molar-refractivity contribution in [2.45, 2.75) is 19.4 Å². The smallest absolute Gasteiger partial charge is 0.305 e. The second-order valence-corrected chi connectivity index (χ2v) is 5.04. The van der Waals surface area contributed by atoms with Gasteiger partial charge in [0, 0.05) is 18.7 Å². The number of aliphatic carboxylic acids is 1. The molecule has 0 aliphatic rings. The lowest BCUT2D eigenvalue weighted by Gasteiger charge is -2.07. The average Bonchev–Trinajstić information content (AvgIpc) is 2.71. The Balaban J connectivity index is 2.34. The quantitative estimate of drug-likeness (QED) is 0.870. The Hall–Kier alpha value is -1.49. The van der Waals surface area contributed by atoms with Gasteiger partial charge in [0.05, 0.1) is 17.5 Å². The van der Waals surface area contributed by atoms with Gasteiger partial charge in [-0.15, -0.1) is 0 Å². The number of hydrogen-bond acceptors (Lipinski definition) is 3. The molecule has 2 rings (SSSR count). The third-order valence-electron chi connectivity index (χ3n) is 2.81. The van der Waals surface area contributed by atoms with Gasteiger partial charge in [-0.05, 0) is 18.4 Å². The largest absolute Gasteiger partial charge is 0.481 e. The first-order chi connectivity index (χ1) is 8.72. The molecule has 0 aliphatic carbocycles. The molecule has 0 atom stereocenters. The summed E-state index contributed by atoms with van der Waals surface area (Å²) in [5, 5.41) is 8.81. The van der Waals surface area contributed by atoms with Crippen molar-refractivity contribution in [3.05, 3.63) is 30.1 Å². The van der Waals surface area contributed by atoms with E-state index in [0.29, 0.717) is 6.54 Å². The Morgan fingerprint density at radius 2 is 2.22 bits per heavy atom. The van der Waals surface area contributed by atoms with E-state index in [1.807, 2.05) is 28.8 Å². The molecule has 0 aliphatic heterocycles. The molecule has 96 valence electrons. The normalized spacial score (nSPS) is 10.9. The van der Waals surface area contributed by atoms with E-state index in [9.17, 15) is 4.79 Å². The van der Waals surface area contributed by atoms with Gasteiger partial charge in [-0.25, -0.2) is 4.98 Å². The maximum absolute atomic E-state index is 10.7. The van der Waals surface area contributed by atoms with Crippen LogP contribution in [0.3, 0.4) is 0 Å². The molecule has 0 radical (unpaired) electrons. The second kappa shape index (κ2) is 5.91. The Bertz CT molecular complexity index is 551. The van der Waals surface area contributed by atoms with Crippen molar-refractivity contribution < 1.29 is 9.90 Å². The first-order valence-electron chi connectivity index (χ1n) is 5.87. The molecule has 0 saturated carbocycles. The number of carboxylic acid groups (broad SMARTS) is 1. The predicted octanol–water partition coefficient (Wildman–Crippen LogP) is 2.42. The van der Waals surface area contributed by atoms with Gasteiger partial charge in [-0.3, -0.25) is 4.79 Å². The third-order valence-corrected chi connectivity index (χ3v) is 3.43. The van der Waals surface area contributed by atoms with E-state index in [0.717, 1.165) is 29.0 Å². The summed E-state index contributed by atoms with van der Waals surface area (Å²) < 4.78 is 2.03. The van der Waals surface area contributed by atoms with Crippen LogP contribution in [-0.2, 0) is 17.8 Å². The lowest BCUT2D eigenvalue weighted by Crippen LogP contribution is -2.08. The van der Waals surface area contributed by atoms with Crippen LogP contribution in [0.15, 0.2) is 24.3 Å². The number of hydrogen-bond donors (Lipinski definition) is 1. The van der Waals surface area contributed by atoms with Crippen molar-refractivity contribution in [3.63, 3.8) is 0 Å². The Labute approximate surface area is 110 Å². The summed E-state index contributed by atoms with van der Waals surface area (Å²) in [6, 6.07) is 7.87. The summed E-state index contributed by atoms with van der Waals surface area (Å²) in [6.45, 7) is 0.486. The highest BCUT2D eigenvalue weighted by Gasteiger charge is 2.10. The minimum Gasteiger partial charge on any atom is -0.481 e. The molecule has 1 heterocycles. The van der Waals surface area contributed by atoms with Crippen LogP contribution < -0.4 is 0 Å². The van der Waals surface area contributed by atoms with Gasteiger partial charge in [0.25, 0.3) is 0 Å². The number of aryl methyl sites for hydroxylation is 2. The standard InChI is InChI=1S/C13H16N2O2S/c1-18-9-7-12-14-10-4-2-3-5-11(10)15(12)8-6-13(16)17/h2-5H,6-9H2,1H3,(H,16,17). The van der Waals surface area contributed by atoms with Crippen LogP contribution in [-0.4, -0.2) is 32.6 Å². The molecule has 18 heavy (non-hydrogen) atoms. The minimum atomic E-state index is -0.774. The molecular weight excluding hydrogens is 248 g/mol. The van der Waals surface area contributed by atoms with E-state index in [2.05, 4.69) is 11.2 Å². The van der Waals surface area contributed by atoms with Crippen LogP contribution in [0.5, 0.6) is 0 Å². The maximum atomic E-state index is 10.7. The van der Waals surface area contributed by atoms with E-state index < -0.39 is 5.97 Å². The summed E-state index contributed by atoms with van der Waals surface area (Å²) in [5.74, 6) is 1.20. The highest BCUT2D eigenvalue weighted by atomic mass is 32.2. The molecule has 0 saturated heterocycles. The predicted molar refractivity (Wildman–Crippen MR) is 74.1 cm³/mol. The zero-order chi connectivity index (χ0) is 13.0. The number of carbonyl (C=O) groups is 1. The first kappa shape index (κ1) is 13.0. The molecule has 2 aromatic rings. The molecule has 1 aromatic carbocycles. The monoisotopic (exact) mass is 264 g/mol. The molecule has 0 unspecified atom stereocenters. The van der Waals surface area contributed by atoms with Gasteiger partial charge in [0.15, 0.2) is 0 Å². The molecule has 4 nitrogen and oxygen atoms in total. The summed E-state index contributed by atoms with van der Waals surface area (Å²) in [5.41, 5.74) is 1.97. The van der Waals surface area contributed by atoms with Crippen LogP contribution in [0.1, 0.15) is 12.2 Å². The van der Waals surface area contributed by atoms with Crippen LogP contribution in [0.25, 0.3) is 11.0 Å². The van der Waals surface area contributed by atoms with Crippen LogP contribution >= 0.6 is 11.8 Å². The lowest BCUT2D eigenvalue weighted by molar-refractivity contribution is -0.137. The van der Waals surface area contributed by atoms with Crippen LogP contribution in [0.2, 0.25) is 0 Å². The SMILES string of the molecule is CSCCc1nc2ccccc2n1CCC(=O)O. The Kier molecular flexibility index (Phi) is 4.25. The summed E-state index contributed by atoms with van der Waals surface area (Å²) in [7, 11) is 0. The number of rotatable bonds is 6. The topological polar surface area (TPSA) is 55.1 Å². The first-order valence-corrected chi connectivity index (χ1v) is 7.26. The molecule has 1 aromatic heterocycles.